The molecule has 110 valence electrons. The van der Waals surface area contributed by atoms with Crippen LogP contribution in [0.25, 0.3) is 0 Å². The maximum atomic E-state index is 8.60. The maximum Gasteiger partial charge on any atom is 0.213 e. The second-order valence-corrected chi connectivity index (χ2v) is 4.35. The number of rotatable bonds is 6. The Labute approximate surface area is 123 Å². The Bertz CT molecular complexity index is 594. The first-order chi connectivity index (χ1) is 10.2. The molecule has 0 aliphatic heterocycles. The number of ether oxygens (including phenoxy) is 1. The summed E-state index contributed by atoms with van der Waals surface area (Å²) in [5, 5.41) is 14.8. The molecule has 1 aromatic carbocycles. The average Bonchev–Trinajstić information content (AvgIpc) is 2.54. The van der Waals surface area contributed by atoms with E-state index in [2.05, 4.69) is 15.5 Å². The molecule has 0 bridgehead atoms. The molecule has 0 aliphatic carbocycles. The minimum atomic E-state index is 0.102. The molecule has 0 atom stereocenters. The summed E-state index contributed by atoms with van der Waals surface area (Å²) in [6.45, 7) is 3.18. The first kappa shape index (κ1) is 14.6. The Morgan fingerprint density at radius 3 is 2.62 bits per heavy atom. The van der Waals surface area contributed by atoms with E-state index in [1.54, 1.807) is 6.20 Å². The number of pyridine rings is 1. The summed E-state index contributed by atoms with van der Waals surface area (Å²) in [5.41, 5.74) is 8.19. The molecule has 2 rings (SSSR count). The molecule has 0 radical (unpaired) electrons. The molecule has 0 unspecified atom stereocenters. The molecule has 1 heterocycles. The number of hydrogen-bond acceptors (Lipinski definition) is 5. The highest BCUT2D eigenvalue weighted by atomic mass is 16.5. The zero-order valence-electron chi connectivity index (χ0n) is 11.8. The third-order valence-corrected chi connectivity index (χ3v) is 2.88. The van der Waals surface area contributed by atoms with Crippen molar-refractivity contribution in [3.8, 4) is 5.88 Å². The summed E-state index contributed by atoms with van der Waals surface area (Å²) < 4.78 is 5.29. The van der Waals surface area contributed by atoms with Crippen LogP contribution in [0.2, 0.25) is 0 Å². The molecule has 1 aromatic heterocycles. The summed E-state index contributed by atoms with van der Waals surface area (Å²) in [6, 6.07) is 11.2. The van der Waals surface area contributed by atoms with Gasteiger partial charge in [-0.1, -0.05) is 29.4 Å². The lowest BCUT2D eigenvalue weighted by molar-refractivity contribution is 0.318. The number of hydrogen-bond donors (Lipinski definition) is 3. The van der Waals surface area contributed by atoms with Crippen molar-refractivity contribution in [2.24, 2.45) is 10.9 Å². The van der Waals surface area contributed by atoms with Crippen molar-refractivity contribution in [3.63, 3.8) is 0 Å². The van der Waals surface area contributed by atoms with Crippen LogP contribution >= 0.6 is 0 Å². The van der Waals surface area contributed by atoms with Crippen molar-refractivity contribution >= 4 is 11.5 Å². The van der Waals surface area contributed by atoms with Gasteiger partial charge in [-0.25, -0.2) is 4.98 Å². The van der Waals surface area contributed by atoms with Crippen molar-refractivity contribution in [2.75, 3.05) is 11.9 Å². The Balaban J connectivity index is 1.93. The standard InChI is InChI=1S/C15H18N4O2/c1-2-21-14-8-7-13(10-18-14)17-9-11-3-5-12(6-4-11)15(16)19-20/h3-8,10,17,20H,2,9H2,1H3,(H2,16,19). The van der Waals surface area contributed by atoms with Crippen molar-refractivity contribution in [2.45, 2.75) is 13.5 Å². The van der Waals surface area contributed by atoms with Gasteiger partial charge in [0.2, 0.25) is 5.88 Å². The van der Waals surface area contributed by atoms with Gasteiger partial charge < -0.3 is 21.0 Å². The molecule has 6 heteroatoms. The van der Waals surface area contributed by atoms with Gasteiger partial charge in [-0.3, -0.25) is 0 Å². The third kappa shape index (κ3) is 4.10. The van der Waals surface area contributed by atoms with E-state index < -0.39 is 0 Å². The predicted octanol–water partition coefficient (Wildman–Crippen LogP) is 2.19. The van der Waals surface area contributed by atoms with E-state index in [1.165, 1.54) is 0 Å². The Morgan fingerprint density at radius 1 is 1.29 bits per heavy atom. The van der Waals surface area contributed by atoms with Crippen molar-refractivity contribution in [1.29, 1.82) is 0 Å². The average molecular weight is 286 g/mol. The second-order valence-electron chi connectivity index (χ2n) is 4.35. The van der Waals surface area contributed by atoms with Gasteiger partial charge >= 0.3 is 0 Å². The van der Waals surface area contributed by atoms with Gasteiger partial charge in [0.1, 0.15) is 0 Å². The van der Waals surface area contributed by atoms with E-state index in [0.29, 0.717) is 24.6 Å². The summed E-state index contributed by atoms with van der Waals surface area (Å²) in [5.74, 6) is 0.719. The van der Waals surface area contributed by atoms with Crippen LogP contribution in [-0.2, 0) is 6.54 Å². The Kier molecular flexibility index (Phi) is 4.98. The van der Waals surface area contributed by atoms with Crippen molar-refractivity contribution in [3.05, 3.63) is 53.7 Å². The number of aromatic nitrogens is 1. The van der Waals surface area contributed by atoms with Gasteiger partial charge in [-0.2, -0.15) is 0 Å². The van der Waals surface area contributed by atoms with Crippen LogP contribution in [0.4, 0.5) is 5.69 Å². The quantitative estimate of drug-likeness (QED) is 0.327. The predicted molar refractivity (Wildman–Crippen MR) is 81.7 cm³/mol. The number of nitrogens with one attached hydrogen (secondary N) is 1. The summed E-state index contributed by atoms with van der Waals surface area (Å²) >= 11 is 0. The molecule has 0 amide bonds. The Morgan fingerprint density at radius 2 is 2.05 bits per heavy atom. The summed E-state index contributed by atoms with van der Waals surface area (Å²) in [7, 11) is 0. The van der Waals surface area contributed by atoms with Gasteiger partial charge in [-0.15, -0.1) is 0 Å². The highest BCUT2D eigenvalue weighted by Crippen LogP contribution is 2.13. The first-order valence-corrected chi connectivity index (χ1v) is 6.62. The molecule has 0 saturated carbocycles. The molecule has 4 N–H and O–H groups in total. The second kappa shape index (κ2) is 7.14. The summed E-state index contributed by atoms with van der Waals surface area (Å²) in [6.07, 6.45) is 1.73. The Hall–Kier alpha value is -2.76. The third-order valence-electron chi connectivity index (χ3n) is 2.88. The normalized spacial score (nSPS) is 11.2. The van der Waals surface area contributed by atoms with Gasteiger partial charge in [0, 0.05) is 18.2 Å². The molecular weight excluding hydrogens is 268 g/mol. The van der Waals surface area contributed by atoms with E-state index in [9.17, 15) is 0 Å². The number of anilines is 1. The van der Waals surface area contributed by atoms with E-state index in [-0.39, 0.29) is 5.84 Å². The van der Waals surface area contributed by atoms with E-state index in [0.717, 1.165) is 11.3 Å². The van der Waals surface area contributed by atoms with Crippen LogP contribution in [0.1, 0.15) is 18.1 Å². The fourth-order valence-electron chi connectivity index (χ4n) is 1.77. The van der Waals surface area contributed by atoms with Crippen LogP contribution in [-0.4, -0.2) is 22.6 Å². The fourth-order valence-corrected chi connectivity index (χ4v) is 1.77. The molecule has 6 nitrogen and oxygen atoms in total. The largest absolute Gasteiger partial charge is 0.478 e. The first-order valence-electron chi connectivity index (χ1n) is 6.62. The minimum absolute atomic E-state index is 0.102. The van der Waals surface area contributed by atoms with Crippen LogP contribution < -0.4 is 15.8 Å². The van der Waals surface area contributed by atoms with E-state index >= 15 is 0 Å². The summed E-state index contributed by atoms with van der Waals surface area (Å²) in [4.78, 5) is 4.18. The van der Waals surface area contributed by atoms with Crippen LogP contribution in [0, 0.1) is 0 Å². The number of oxime groups is 1. The molecule has 2 aromatic rings. The maximum absolute atomic E-state index is 8.60. The van der Waals surface area contributed by atoms with Gasteiger partial charge in [0.25, 0.3) is 0 Å². The number of nitrogens with zero attached hydrogens (tertiary/aromatic N) is 2. The van der Waals surface area contributed by atoms with Crippen molar-refractivity contribution in [1.82, 2.24) is 4.98 Å². The van der Waals surface area contributed by atoms with Gasteiger partial charge in [0.05, 0.1) is 18.5 Å². The number of amidine groups is 1. The van der Waals surface area contributed by atoms with Crippen LogP contribution in [0.3, 0.4) is 0 Å². The zero-order chi connectivity index (χ0) is 15.1. The zero-order valence-corrected chi connectivity index (χ0v) is 11.8. The number of benzene rings is 1. The topological polar surface area (TPSA) is 92.8 Å². The molecule has 0 spiro atoms. The highest BCUT2D eigenvalue weighted by molar-refractivity contribution is 5.96. The van der Waals surface area contributed by atoms with Gasteiger partial charge in [0.15, 0.2) is 5.84 Å². The van der Waals surface area contributed by atoms with Crippen LogP contribution in [0.15, 0.2) is 47.8 Å². The minimum Gasteiger partial charge on any atom is -0.478 e. The SMILES string of the molecule is CCOc1ccc(NCc2ccc(/C(N)=N/O)cc2)cn1. The number of nitrogens with two attached hydrogens (primary N) is 1. The molecule has 0 fully saturated rings. The molecule has 21 heavy (non-hydrogen) atoms. The lowest BCUT2D eigenvalue weighted by atomic mass is 10.1. The lowest BCUT2D eigenvalue weighted by Crippen LogP contribution is -2.13. The lowest BCUT2D eigenvalue weighted by Gasteiger charge is -2.08. The smallest absolute Gasteiger partial charge is 0.213 e. The highest BCUT2D eigenvalue weighted by Gasteiger charge is 2.00. The monoisotopic (exact) mass is 286 g/mol. The molecule has 0 saturated heterocycles. The van der Waals surface area contributed by atoms with Crippen LogP contribution in [0.5, 0.6) is 5.88 Å². The van der Waals surface area contributed by atoms with Gasteiger partial charge in [-0.05, 0) is 18.6 Å². The van der Waals surface area contributed by atoms with Crippen molar-refractivity contribution < 1.29 is 9.94 Å². The van der Waals surface area contributed by atoms with E-state index in [4.69, 9.17) is 15.7 Å². The fraction of sp³-hybridized carbons (Fsp3) is 0.200. The molecule has 0 aliphatic rings. The molecular formula is C15H18N4O2. The van der Waals surface area contributed by atoms with E-state index in [1.807, 2.05) is 43.3 Å².